The van der Waals surface area contributed by atoms with E-state index in [0.29, 0.717) is 0 Å². The standard InChI is InChI=1S/C14H16ClNO/c1-4-16-12-6-5-10(15)9-11(12)14(2,3)13(16)7-8-17/h5-9H,4H2,1-3H3/b13-7-. The first-order chi connectivity index (χ1) is 8.02. The molecule has 0 amide bonds. The smallest absolute Gasteiger partial charge is 0.144 e. The van der Waals surface area contributed by atoms with Gasteiger partial charge in [0, 0.05) is 28.4 Å². The molecule has 90 valence electrons. The van der Waals surface area contributed by atoms with E-state index < -0.39 is 0 Å². The number of likely N-dealkylation sites (N-methyl/N-ethyl adjacent to an activating group) is 1. The number of fused-ring (bicyclic) bond motifs is 1. The van der Waals surface area contributed by atoms with Crippen LogP contribution in [-0.2, 0) is 10.2 Å². The Morgan fingerprint density at radius 1 is 1.41 bits per heavy atom. The average Bonchev–Trinajstić information content (AvgIpc) is 2.49. The van der Waals surface area contributed by atoms with Crippen LogP contribution in [0.25, 0.3) is 0 Å². The molecule has 0 unspecified atom stereocenters. The van der Waals surface area contributed by atoms with Gasteiger partial charge in [-0.05, 0) is 36.8 Å². The lowest BCUT2D eigenvalue weighted by Gasteiger charge is -2.25. The van der Waals surface area contributed by atoms with E-state index in [1.54, 1.807) is 6.08 Å². The number of allylic oxidation sites excluding steroid dienone is 2. The Hall–Kier alpha value is -1.28. The van der Waals surface area contributed by atoms with E-state index in [0.717, 1.165) is 29.2 Å². The molecular formula is C14H16ClNO. The van der Waals surface area contributed by atoms with Crippen LogP contribution in [0.5, 0.6) is 0 Å². The van der Waals surface area contributed by atoms with Gasteiger partial charge in [-0.15, -0.1) is 0 Å². The molecule has 0 aliphatic carbocycles. The molecule has 0 atom stereocenters. The molecule has 0 spiro atoms. The molecule has 2 rings (SSSR count). The van der Waals surface area contributed by atoms with E-state index in [1.807, 2.05) is 18.2 Å². The highest BCUT2D eigenvalue weighted by Crippen LogP contribution is 2.48. The lowest BCUT2D eigenvalue weighted by atomic mass is 9.84. The molecule has 2 nitrogen and oxygen atoms in total. The van der Waals surface area contributed by atoms with Crippen molar-refractivity contribution in [1.82, 2.24) is 0 Å². The van der Waals surface area contributed by atoms with Crippen molar-refractivity contribution in [2.24, 2.45) is 0 Å². The van der Waals surface area contributed by atoms with Gasteiger partial charge in [-0.2, -0.15) is 0 Å². The predicted molar refractivity (Wildman–Crippen MR) is 71.6 cm³/mol. The van der Waals surface area contributed by atoms with Gasteiger partial charge in [0.1, 0.15) is 6.29 Å². The fourth-order valence-corrected chi connectivity index (χ4v) is 2.72. The molecule has 1 heterocycles. The Kier molecular flexibility index (Phi) is 3.00. The zero-order valence-corrected chi connectivity index (χ0v) is 11.1. The Morgan fingerprint density at radius 2 is 2.12 bits per heavy atom. The molecule has 0 saturated heterocycles. The quantitative estimate of drug-likeness (QED) is 0.590. The van der Waals surface area contributed by atoms with Gasteiger partial charge in [0.25, 0.3) is 0 Å². The van der Waals surface area contributed by atoms with Crippen molar-refractivity contribution in [2.45, 2.75) is 26.2 Å². The van der Waals surface area contributed by atoms with E-state index in [9.17, 15) is 4.79 Å². The van der Waals surface area contributed by atoms with Crippen molar-refractivity contribution in [1.29, 1.82) is 0 Å². The van der Waals surface area contributed by atoms with E-state index in [1.165, 1.54) is 5.56 Å². The number of benzene rings is 1. The second-order valence-electron chi connectivity index (χ2n) is 4.72. The lowest BCUT2D eigenvalue weighted by Crippen LogP contribution is -2.26. The first-order valence-electron chi connectivity index (χ1n) is 5.76. The van der Waals surface area contributed by atoms with Crippen LogP contribution in [0.4, 0.5) is 5.69 Å². The van der Waals surface area contributed by atoms with E-state index in [2.05, 4.69) is 25.7 Å². The van der Waals surface area contributed by atoms with Crippen LogP contribution in [0.3, 0.4) is 0 Å². The lowest BCUT2D eigenvalue weighted by molar-refractivity contribution is -0.104. The summed E-state index contributed by atoms with van der Waals surface area (Å²) in [6.07, 6.45) is 2.50. The van der Waals surface area contributed by atoms with Crippen LogP contribution < -0.4 is 4.90 Å². The number of carbonyl (C=O) groups excluding carboxylic acids is 1. The molecule has 17 heavy (non-hydrogen) atoms. The molecule has 0 bridgehead atoms. The highest BCUT2D eigenvalue weighted by atomic mass is 35.5. The number of nitrogens with zero attached hydrogens (tertiary/aromatic N) is 1. The number of anilines is 1. The summed E-state index contributed by atoms with van der Waals surface area (Å²) in [5.74, 6) is 0. The second kappa shape index (κ2) is 4.19. The summed E-state index contributed by atoms with van der Waals surface area (Å²) in [5.41, 5.74) is 3.19. The summed E-state index contributed by atoms with van der Waals surface area (Å²) in [5, 5.41) is 0.736. The van der Waals surface area contributed by atoms with Gasteiger partial charge >= 0.3 is 0 Å². The van der Waals surface area contributed by atoms with Gasteiger partial charge in [0.2, 0.25) is 0 Å². The zero-order chi connectivity index (χ0) is 12.6. The SMILES string of the molecule is CCN1/C(=C\C=O)C(C)(C)c2cc(Cl)ccc21. The maximum absolute atomic E-state index is 10.8. The van der Waals surface area contributed by atoms with Crippen LogP contribution in [0.1, 0.15) is 26.3 Å². The molecule has 1 aromatic carbocycles. The molecular weight excluding hydrogens is 234 g/mol. The maximum atomic E-state index is 10.8. The van der Waals surface area contributed by atoms with Gasteiger partial charge in [0.05, 0.1) is 0 Å². The molecule has 0 N–H and O–H groups in total. The predicted octanol–water partition coefficient (Wildman–Crippen LogP) is 3.54. The van der Waals surface area contributed by atoms with Gasteiger partial charge in [-0.1, -0.05) is 25.4 Å². The van der Waals surface area contributed by atoms with Crippen molar-refractivity contribution in [3.8, 4) is 0 Å². The number of hydrogen-bond acceptors (Lipinski definition) is 2. The number of halogens is 1. The Bertz CT molecular complexity index is 491. The van der Waals surface area contributed by atoms with Gasteiger partial charge in [-0.25, -0.2) is 0 Å². The number of hydrogen-bond donors (Lipinski definition) is 0. The average molecular weight is 250 g/mol. The second-order valence-corrected chi connectivity index (χ2v) is 5.16. The van der Waals surface area contributed by atoms with Crippen LogP contribution in [0, 0.1) is 0 Å². The maximum Gasteiger partial charge on any atom is 0.144 e. The van der Waals surface area contributed by atoms with E-state index >= 15 is 0 Å². The molecule has 1 aliphatic rings. The Balaban J connectivity index is 2.67. The summed E-state index contributed by atoms with van der Waals surface area (Å²) in [6.45, 7) is 7.16. The first kappa shape index (κ1) is 12.2. The Morgan fingerprint density at radius 3 is 2.71 bits per heavy atom. The fraction of sp³-hybridized carbons (Fsp3) is 0.357. The van der Waals surface area contributed by atoms with Crippen LogP contribution >= 0.6 is 11.6 Å². The minimum absolute atomic E-state index is 0.169. The van der Waals surface area contributed by atoms with E-state index in [4.69, 9.17) is 11.6 Å². The first-order valence-corrected chi connectivity index (χ1v) is 6.13. The van der Waals surface area contributed by atoms with Crippen molar-refractivity contribution >= 4 is 23.6 Å². The zero-order valence-electron chi connectivity index (χ0n) is 10.3. The molecule has 3 heteroatoms. The number of aldehydes is 1. The van der Waals surface area contributed by atoms with Crippen LogP contribution in [0.15, 0.2) is 30.0 Å². The highest BCUT2D eigenvalue weighted by Gasteiger charge is 2.39. The number of carbonyl (C=O) groups is 1. The minimum atomic E-state index is -0.169. The van der Waals surface area contributed by atoms with Crippen LogP contribution in [-0.4, -0.2) is 12.8 Å². The summed E-state index contributed by atoms with van der Waals surface area (Å²) in [6, 6.07) is 5.91. The third-order valence-corrected chi connectivity index (χ3v) is 3.63. The van der Waals surface area contributed by atoms with Gasteiger partial charge in [-0.3, -0.25) is 4.79 Å². The van der Waals surface area contributed by atoms with Crippen molar-refractivity contribution in [3.63, 3.8) is 0 Å². The van der Waals surface area contributed by atoms with Gasteiger partial charge < -0.3 is 4.90 Å². The monoisotopic (exact) mass is 249 g/mol. The molecule has 1 aliphatic heterocycles. The van der Waals surface area contributed by atoms with Crippen molar-refractivity contribution in [2.75, 3.05) is 11.4 Å². The summed E-state index contributed by atoms with van der Waals surface area (Å²) in [4.78, 5) is 13.0. The van der Waals surface area contributed by atoms with Crippen molar-refractivity contribution < 1.29 is 4.79 Å². The highest BCUT2D eigenvalue weighted by molar-refractivity contribution is 6.30. The molecule has 0 saturated carbocycles. The molecule has 0 fully saturated rings. The van der Waals surface area contributed by atoms with Crippen LogP contribution in [0.2, 0.25) is 5.02 Å². The molecule has 0 radical (unpaired) electrons. The summed E-state index contributed by atoms with van der Waals surface area (Å²) < 4.78 is 0. The minimum Gasteiger partial charge on any atom is -0.344 e. The van der Waals surface area contributed by atoms with Gasteiger partial charge in [0.15, 0.2) is 0 Å². The molecule has 0 aromatic heterocycles. The summed E-state index contributed by atoms with van der Waals surface area (Å²) in [7, 11) is 0. The largest absolute Gasteiger partial charge is 0.344 e. The third-order valence-electron chi connectivity index (χ3n) is 3.40. The Labute approximate surface area is 107 Å². The number of rotatable bonds is 2. The fourth-order valence-electron chi connectivity index (χ4n) is 2.55. The van der Waals surface area contributed by atoms with E-state index in [-0.39, 0.29) is 5.41 Å². The molecule has 1 aromatic rings. The summed E-state index contributed by atoms with van der Waals surface area (Å²) >= 11 is 6.06. The third kappa shape index (κ3) is 1.77. The normalized spacial score (nSPS) is 19.5. The van der Waals surface area contributed by atoms with Crippen molar-refractivity contribution in [3.05, 3.63) is 40.6 Å². The topological polar surface area (TPSA) is 20.3 Å².